The number of benzene rings is 1. The minimum absolute atomic E-state index is 0.268. The van der Waals surface area contributed by atoms with Gasteiger partial charge in [-0.25, -0.2) is 8.78 Å². The van der Waals surface area contributed by atoms with Gasteiger partial charge in [-0.2, -0.15) is 0 Å². The summed E-state index contributed by atoms with van der Waals surface area (Å²) < 4.78 is 26.6. The Hall–Kier alpha value is -1.00. The zero-order valence-electron chi connectivity index (χ0n) is 10.00. The first-order valence-corrected chi connectivity index (χ1v) is 6.02. The smallest absolute Gasteiger partial charge is 0.128 e. The summed E-state index contributed by atoms with van der Waals surface area (Å²) in [6.45, 7) is 3.72. The van der Waals surface area contributed by atoms with Crippen LogP contribution in [0.1, 0.15) is 31.4 Å². The topological polar surface area (TPSA) is 29.3 Å². The molecule has 1 aromatic carbocycles. The van der Waals surface area contributed by atoms with E-state index in [0.29, 0.717) is 12.6 Å². The average molecular weight is 240 g/mol. The molecule has 0 aliphatic carbocycles. The van der Waals surface area contributed by atoms with Crippen LogP contribution < -0.4 is 5.73 Å². The Labute approximate surface area is 100 Å². The van der Waals surface area contributed by atoms with Gasteiger partial charge in [-0.15, -0.1) is 0 Å². The maximum Gasteiger partial charge on any atom is 0.128 e. The van der Waals surface area contributed by atoms with Gasteiger partial charge in [-0.3, -0.25) is 4.90 Å². The molecule has 0 saturated carbocycles. The molecule has 1 fully saturated rings. The van der Waals surface area contributed by atoms with E-state index in [1.54, 1.807) is 0 Å². The quantitative estimate of drug-likeness (QED) is 0.879. The van der Waals surface area contributed by atoms with Crippen molar-refractivity contribution in [3.8, 4) is 0 Å². The molecule has 2 unspecified atom stereocenters. The third-order valence-electron chi connectivity index (χ3n) is 3.48. The summed E-state index contributed by atoms with van der Waals surface area (Å²) in [5.74, 6) is -0.864. The monoisotopic (exact) mass is 240 g/mol. The summed E-state index contributed by atoms with van der Waals surface area (Å²) in [5.41, 5.74) is 6.23. The average Bonchev–Trinajstić information content (AvgIpc) is 2.68. The van der Waals surface area contributed by atoms with Crippen LogP contribution in [0.3, 0.4) is 0 Å². The van der Waals surface area contributed by atoms with Crippen LogP contribution in [0, 0.1) is 11.6 Å². The fourth-order valence-electron chi connectivity index (χ4n) is 2.41. The van der Waals surface area contributed by atoms with Crippen molar-refractivity contribution in [1.82, 2.24) is 4.90 Å². The first kappa shape index (κ1) is 12.5. The number of hydrogen-bond donors (Lipinski definition) is 1. The van der Waals surface area contributed by atoms with Gasteiger partial charge in [-0.1, -0.05) is 0 Å². The number of nitrogens with two attached hydrogens (primary N) is 1. The second-order valence-electron chi connectivity index (χ2n) is 4.76. The van der Waals surface area contributed by atoms with E-state index in [4.69, 9.17) is 5.73 Å². The van der Waals surface area contributed by atoms with E-state index in [2.05, 4.69) is 11.8 Å². The zero-order valence-corrected chi connectivity index (χ0v) is 10.00. The Morgan fingerprint density at radius 3 is 2.88 bits per heavy atom. The lowest BCUT2D eigenvalue weighted by atomic mass is 10.1. The largest absolute Gasteiger partial charge is 0.323 e. The zero-order chi connectivity index (χ0) is 12.4. The molecule has 94 valence electrons. The maximum atomic E-state index is 13.5. The molecule has 1 aromatic rings. The van der Waals surface area contributed by atoms with Gasteiger partial charge in [-0.05, 0) is 44.5 Å². The Morgan fingerprint density at radius 2 is 2.24 bits per heavy atom. The summed E-state index contributed by atoms with van der Waals surface area (Å²) in [6.07, 6.45) is 2.30. The van der Waals surface area contributed by atoms with Crippen molar-refractivity contribution in [2.24, 2.45) is 5.73 Å². The molecule has 1 saturated heterocycles. The van der Waals surface area contributed by atoms with Crippen molar-refractivity contribution in [1.29, 1.82) is 0 Å². The molecule has 17 heavy (non-hydrogen) atoms. The third-order valence-corrected chi connectivity index (χ3v) is 3.48. The molecule has 1 aliphatic heterocycles. The van der Waals surface area contributed by atoms with Crippen molar-refractivity contribution < 1.29 is 8.78 Å². The van der Waals surface area contributed by atoms with Crippen LogP contribution in [0.2, 0.25) is 0 Å². The van der Waals surface area contributed by atoms with E-state index in [9.17, 15) is 8.78 Å². The van der Waals surface area contributed by atoms with Crippen LogP contribution in [0.5, 0.6) is 0 Å². The molecular formula is C13H18F2N2. The number of hydrogen-bond acceptors (Lipinski definition) is 2. The van der Waals surface area contributed by atoms with Crippen LogP contribution in [0.15, 0.2) is 18.2 Å². The SMILES string of the molecule is CC1CCCN1CC(N)c1cc(F)ccc1F. The van der Waals surface area contributed by atoms with Gasteiger partial charge in [0.1, 0.15) is 11.6 Å². The molecule has 0 aromatic heterocycles. The predicted octanol–water partition coefficient (Wildman–Crippen LogP) is 2.45. The lowest BCUT2D eigenvalue weighted by molar-refractivity contribution is 0.251. The van der Waals surface area contributed by atoms with Crippen LogP contribution in [-0.4, -0.2) is 24.0 Å². The third kappa shape index (κ3) is 2.82. The van der Waals surface area contributed by atoms with E-state index < -0.39 is 17.7 Å². The molecular weight excluding hydrogens is 222 g/mol. The molecule has 0 radical (unpaired) electrons. The number of nitrogens with zero attached hydrogens (tertiary/aromatic N) is 1. The Morgan fingerprint density at radius 1 is 1.47 bits per heavy atom. The second kappa shape index (κ2) is 5.10. The molecule has 0 bridgehead atoms. The standard InChI is InChI=1S/C13H18F2N2/c1-9-3-2-6-17(9)8-13(16)11-7-10(14)4-5-12(11)15/h4-5,7,9,13H,2-3,6,8,16H2,1H3. The van der Waals surface area contributed by atoms with Crippen LogP contribution in [-0.2, 0) is 0 Å². The van der Waals surface area contributed by atoms with Gasteiger partial charge in [0.15, 0.2) is 0 Å². The fraction of sp³-hybridized carbons (Fsp3) is 0.538. The first-order chi connectivity index (χ1) is 8.08. The summed E-state index contributed by atoms with van der Waals surface area (Å²) in [6, 6.07) is 3.46. The lowest BCUT2D eigenvalue weighted by Gasteiger charge is -2.25. The van der Waals surface area contributed by atoms with Crippen molar-refractivity contribution in [3.05, 3.63) is 35.4 Å². The first-order valence-electron chi connectivity index (χ1n) is 6.02. The molecule has 2 atom stereocenters. The highest BCUT2D eigenvalue weighted by Gasteiger charge is 2.23. The molecule has 2 nitrogen and oxygen atoms in total. The minimum Gasteiger partial charge on any atom is -0.323 e. The fourth-order valence-corrected chi connectivity index (χ4v) is 2.41. The van der Waals surface area contributed by atoms with E-state index in [1.165, 1.54) is 6.07 Å². The van der Waals surface area contributed by atoms with Crippen molar-refractivity contribution in [2.75, 3.05) is 13.1 Å². The highest BCUT2D eigenvalue weighted by atomic mass is 19.1. The molecule has 0 amide bonds. The van der Waals surface area contributed by atoms with Gasteiger partial charge in [0.05, 0.1) is 0 Å². The number of rotatable bonds is 3. The molecule has 1 heterocycles. The van der Waals surface area contributed by atoms with Gasteiger partial charge in [0, 0.05) is 24.2 Å². The van der Waals surface area contributed by atoms with E-state index in [-0.39, 0.29) is 5.56 Å². The Balaban J connectivity index is 2.08. The molecule has 2 rings (SSSR count). The Kier molecular flexibility index (Phi) is 3.74. The summed E-state index contributed by atoms with van der Waals surface area (Å²) in [7, 11) is 0. The summed E-state index contributed by atoms with van der Waals surface area (Å²) >= 11 is 0. The minimum atomic E-state index is -0.466. The van der Waals surface area contributed by atoms with E-state index in [1.807, 2.05) is 0 Å². The molecule has 0 spiro atoms. The molecule has 2 N–H and O–H groups in total. The highest BCUT2D eigenvalue weighted by Crippen LogP contribution is 2.22. The number of likely N-dealkylation sites (tertiary alicyclic amines) is 1. The van der Waals surface area contributed by atoms with Crippen LogP contribution in [0.4, 0.5) is 8.78 Å². The predicted molar refractivity (Wildman–Crippen MR) is 63.6 cm³/mol. The molecule has 4 heteroatoms. The van der Waals surface area contributed by atoms with Gasteiger partial charge < -0.3 is 5.73 Å². The second-order valence-corrected chi connectivity index (χ2v) is 4.76. The molecule has 1 aliphatic rings. The van der Waals surface area contributed by atoms with E-state index >= 15 is 0 Å². The number of halogens is 2. The van der Waals surface area contributed by atoms with Crippen molar-refractivity contribution >= 4 is 0 Å². The van der Waals surface area contributed by atoms with Crippen molar-refractivity contribution in [3.63, 3.8) is 0 Å². The van der Waals surface area contributed by atoms with E-state index in [0.717, 1.165) is 31.5 Å². The lowest BCUT2D eigenvalue weighted by Crippen LogP contribution is -2.34. The summed E-state index contributed by atoms with van der Waals surface area (Å²) in [4.78, 5) is 2.23. The highest BCUT2D eigenvalue weighted by molar-refractivity contribution is 5.22. The maximum absolute atomic E-state index is 13.5. The van der Waals surface area contributed by atoms with Crippen molar-refractivity contribution in [2.45, 2.75) is 31.8 Å². The van der Waals surface area contributed by atoms with Gasteiger partial charge in [0.2, 0.25) is 0 Å². The summed E-state index contributed by atoms with van der Waals surface area (Å²) in [5, 5.41) is 0. The Bertz CT molecular complexity index is 395. The van der Waals surface area contributed by atoms with Crippen LogP contribution in [0.25, 0.3) is 0 Å². The normalized spacial score (nSPS) is 22.9. The van der Waals surface area contributed by atoms with Gasteiger partial charge >= 0.3 is 0 Å². The van der Waals surface area contributed by atoms with Gasteiger partial charge in [0.25, 0.3) is 0 Å². The van der Waals surface area contributed by atoms with Crippen LogP contribution >= 0.6 is 0 Å².